The van der Waals surface area contributed by atoms with Gasteiger partial charge in [-0.1, -0.05) is 0 Å². The van der Waals surface area contributed by atoms with Crippen molar-refractivity contribution < 1.29 is 39.9 Å². The Balaban J connectivity index is 4.33. The van der Waals surface area contributed by atoms with Gasteiger partial charge in [0.05, 0.1) is 33.9 Å². The summed E-state index contributed by atoms with van der Waals surface area (Å²) < 4.78 is 0.573. The van der Waals surface area contributed by atoms with Crippen LogP contribution in [0.15, 0.2) is 11.5 Å². The summed E-state index contributed by atoms with van der Waals surface area (Å²) in [6.07, 6.45) is -3.21. The molecule has 7 N–H and O–H groups in total. The Morgan fingerprint density at radius 3 is 2.18 bits per heavy atom. The number of carbonyl (C=O) groups is 1. The number of quaternary nitrogens is 1. The zero-order chi connectivity index (χ0) is 17.3. The van der Waals surface area contributed by atoms with Gasteiger partial charge in [0.1, 0.15) is 12.6 Å². The molecule has 0 rings (SSSR count). The van der Waals surface area contributed by atoms with E-state index in [9.17, 15) is 20.1 Å². The van der Waals surface area contributed by atoms with E-state index in [0.717, 1.165) is 0 Å². The van der Waals surface area contributed by atoms with Crippen molar-refractivity contribution in [2.24, 2.45) is 0 Å². The van der Waals surface area contributed by atoms with Crippen molar-refractivity contribution in [2.45, 2.75) is 18.6 Å². The molecule has 0 spiro atoms. The Hall–Kier alpha value is -1.39. The lowest BCUT2D eigenvalue weighted by Crippen LogP contribution is -2.44. The van der Waals surface area contributed by atoms with E-state index in [4.69, 9.17) is 15.3 Å². The summed E-state index contributed by atoms with van der Waals surface area (Å²) in [5.74, 6) is -3.08. The Bertz CT molecular complexity index is 385. The van der Waals surface area contributed by atoms with Crippen molar-refractivity contribution in [1.82, 2.24) is 5.32 Å². The van der Waals surface area contributed by atoms with Crippen LogP contribution >= 0.6 is 0 Å². The number of carbonyl (C=O) groups excluding carboxylic acids is 1. The SMILES string of the molecule is C[N+](C)(CCO)CCCNC(=O)C(O)/C(O)=C(\O)C(O)CO. The number of aliphatic hydroxyl groups is 6. The molecule has 9 heteroatoms. The third-order valence-corrected chi connectivity index (χ3v) is 3.20. The first kappa shape index (κ1) is 20.6. The second-order valence-electron chi connectivity index (χ2n) is 5.62. The van der Waals surface area contributed by atoms with E-state index in [1.807, 2.05) is 14.1 Å². The normalized spacial score (nSPS) is 15.9. The van der Waals surface area contributed by atoms with Gasteiger partial charge in [0, 0.05) is 13.0 Å². The Morgan fingerprint density at radius 2 is 1.68 bits per heavy atom. The molecule has 0 aromatic carbocycles. The molecule has 0 aromatic heterocycles. The molecule has 0 aliphatic heterocycles. The maximum atomic E-state index is 11.6. The van der Waals surface area contributed by atoms with Gasteiger partial charge < -0.3 is 40.4 Å². The van der Waals surface area contributed by atoms with Gasteiger partial charge in [-0.05, 0) is 0 Å². The van der Waals surface area contributed by atoms with Crippen LogP contribution in [0, 0.1) is 0 Å². The second kappa shape index (κ2) is 9.59. The number of nitrogens with zero attached hydrogens (tertiary/aromatic N) is 1. The molecular weight excluding hydrogens is 296 g/mol. The van der Waals surface area contributed by atoms with Gasteiger partial charge in [-0.2, -0.15) is 0 Å². The summed E-state index contributed by atoms with van der Waals surface area (Å²) in [5.41, 5.74) is 0. The van der Waals surface area contributed by atoms with Gasteiger partial charge in [0.15, 0.2) is 17.6 Å². The molecule has 2 unspecified atom stereocenters. The van der Waals surface area contributed by atoms with E-state index >= 15 is 0 Å². The van der Waals surface area contributed by atoms with Crippen LogP contribution in [-0.2, 0) is 4.79 Å². The van der Waals surface area contributed by atoms with Crippen LogP contribution in [-0.4, -0.2) is 100 Å². The lowest BCUT2D eigenvalue weighted by atomic mass is 10.2. The topological polar surface area (TPSA) is 150 Å². The van der Waals surface area contributed by atoms with E-state index in [2.05, 4.69) is 5.32 Å². The predicted molar refractivity (Wildman–Crippen MR) is 77.9 cm³/mol. The lowest BCUT2D eigenvalue weighted by Gasteiger charge is -2.28. The summed E-state index contributed by atoms with van der Waals surface area (Å²) in [5, 5.41) is 57.2. The Kier molecular flexibility index (Phi) is 8.99. The van der Waals surface area contributed by atoms with Crippen molar-refractivity contribution in [3.8, 4) is 0 Å². The average molecular weight is 323 g/mol. The van der Waals surface area contributed by atoms with E-state index in [0.29, 0.717) is 24.0 Å². The van der Waals surface area contributed by atoms with Crippen molar-refractivity contribution >= 4 is 5.91 Å². The average Bonchev–Trinajstić information content (AvgIpc) is 2.48. The fourth-order valence-corrected chi connectivity index (χ4v) is 1.72. The molecule has 22 heavy (non-hydrogen) atoms. The minimum Gasteiger partial charge on any atom is -0.506 e. The molecule has 2 atom stereocenters. The van der Waals surface area contributed by atoms with Crippen LogP contribution in [0.5, 0.6) is 0 Å². The minimum absolute atomic E-state index is 0.0587. The van der Waals surface area contributed by atoms with Gasteiger partial charge in [-0.3, -0.25) is 4.79 Å². The van der Waals surface area contributed by atoms with Crippen molar-refractivity contribution in [1.29, 1.82) is 0 Å². The van der Waals surface area contributed by atoms with Crippen LogP contribution in [0.4, 0.5) is 0 Å². The van der Waals surface area contributed by atoms with Gasteiger partial charge in [0.2, 0.25) is 0 Å². The molecule has 0 aromatic rings. The first-order chi connectivity index (χ1) is 10.2. The molecule has 0 fully saturated rings. The summed E-state index contributed by atoms with van der Waals surface area (Å²) in [6, 6.07) is 0. The Labute approximate surface area is 129 Å². The smallest absolute Gasteiger partial charge is 0.256 e. The lowest BCUT2D eigenvalue weighted by molar-refractivity contribution is -0.890. The van der Waals surface area contributed by atoms with Crippen LogP contribution < -0.4 is 5.32 Å². The van der Waals surface area contributed by atoms with Gasteiger partial charge in [0.25, 0.3) is 5.91 Å². The van der Waals surface area contributed by atoms with Crippen LogP contribution in [0.25, 0.3) is 0 Å². The van der Waals surface area contributed by atoms with Crippen molar-refractivity contribution in [2.75, 3.05) is 46.9 Å². The number of hydrogen-bond acceptors (Lipinski definition) is 7. The third kappa shape index (κ3) is 7.05. The zero-order valence-corrected chi connectivity index (χ0v) is 12.9. The predicted octanol–water partition coefficient (Wildman–Crippen LogP) is -2.40. The highest BCUT2D eigenvalue weighted by molar-refractivity contribution is 5.83. The van der Waals surface area contributed by atoms with Crippen molar-refractivity contribution in [3.05, 3.63) is 11.5 Å². The first-order valence-electron chi connectivity index (χ1n) is 6.95. The molecule has 130 valence electrons. The molecule has 1 amide bonds. The molecule has 9 nitrogen and oxygen atoms in total. The number of aliphatic hydroxyl groups excluding tert-OH is 6. The Morgan fingerprint density at radius 1 is 1.09 bits per heavy atom. The minimum atomic E-state index is -2.03. The van der Waals surface area contributed by atoms with E-state index in [1.165, 1.54) is 0 Å². The van der Waals surface area contributed by atoms with Crippen LogP contribution in [0.1, 0.15) is 6.42 Å². The highest BCUT2D eigenvalue weighted by Crippen LogP contribution is 2.08. The summed E-state index contributed by atoms with van der Waals surface area (Å²) in [4.78, 5) is 11.6. The molecule has 0 saturated heterocycles. The number of amides is 1. The summed E-state index contributed by atoms with van der Waals surface area (Å²) in [7, 11) is 3.85. The number of rotatable bonds is 10. The maximum Gasteiger partial charge on any atom is 0.256 e. The number of hydrogen-bond donors (Lipinski definition) is 7. The summed E-state index contributed by atoms with van der Waals surface area (Å²) in [6.45, 7) is 0.700. The number of likely N-dealkylation sites (N-methyl/N-ethyl adjacent to an activating group) is 1. The van der Waals surface area contributed by atoms with E-state index < -0.39 is 36.2 Å². The zero-order valence-electron chi connectivity index (χ0n) is 12.9. The molecule has 0 saturated carbocycles. The first-order valence-corrected chi connectivity index (χ1v) is 6.95. The van der Waals surface area contributed by atoms with Gasteiger partial charge in [-0.25, -0.2) is 0 Å². The van der Waals surface area contributed by atoms with E-state index in [1.54, 1.807) is 0 Å². The van der Waals surface area contributed by atoms with E-state index in [-0.39, 0.29) is 13.2 Å². The molecule has 0 aliphatic carbocycles. The van der Waals surface area contributed by atoms with Crippen molar-refractivity contribution in [3.63, 3.8) is 0 Å². The van der Waals surface area contributed by atoms with Gasteiger partial charge in [-0.15, -0.1) is 0 Å². The largest absolute Gasteiger partial charge is 0.506 e. The third-order valence-electron chi connectivity index (χ3n) is 3.20. The monoisotopic (exact) mass is 323 g/mol. The quantitative estimate of drug-likeness (QED) is 0.134. The maximum absolute atomic E-state index is 11.6. The molecular formula is C13H27N2O7+. The summed E-state index contributed by atoms with van der Waals surface area (Å²) >= 11 is 0. The number of nitrogens with one attached hydrogen (secondary N) is 1. The molecule has 0 bridgehead atoms. The highest BCUT2D eigenvalue weighted by atomic mass is 16.4. The fourth-order valence-electron chi connectivity index (χ4n) is 1.72. The molecule has 0 radical (unpaired) electrons. The second-order valence-corrected chi connectivity index (χ2v) is 5.62. The standard InChI is InChI=1S/C13H26N2O7/c1-15(2,6-7-16)5-3-4-14-13(22)12(21)11(20)10(19)9(18)8-17/h9,12,16-18,21H,3-8H2,1-2H3,(H2-,14,19,20,22)/p+1/b11-10+. The van der Waals surface area contributed by atoms with Crippen LogP contribution in [0.3, 0.4) is 0 Å². The molecule has 0 aliphatic rings. The fraction of sp³-hybridized carbons (Fsp3) is 0.769. The highest BCUT2D eigenvalue weighted by Gasteiger charge is 2.26. The molecule has 0 heterocycles. The van der Waals surface area contributed by atoms with Crippen LogP contribution in [0.2, 0.25) is 0 Å². The van der Waals surface area contributed by atoms with Gasteiger partial charge >= 0.3 is 0 Å².